The molecule has 38 heavy (non-hydrogen) atoms. The van der Waals surface area contributed by atoms with E-state index in [0.29, 0.717) is 0 Å². The molecule has 0 aliphatic heterocycles. The molecule has 1 N–H and O–H groups in total. The van der Waals surface area contributed by atoms with Crippen LogP contribution < -0.4 is 9.62 Å². The van der Waals surface area contributed by atoms with E-state index in [4.69, 9.17) is 0 Å². The number of para-hydroxylation sites is 1. The predicted molar refractivity (Wildman–Crippen MR) is 146 cm³/mol. The van der Waals surface area contributed by atoms with Crippen LogP contribution in [0.2, 0.25) is 0 Å². The Labute approximate surface area is 224 Å². The second-order valence-electron chi connectivity index (χ2n) is 9.30. The maximum absolute atomic E-state index is 13.8. The average molecular weight is 540 g/mol. The van der Waals surface area contributed by atoms with E-state index in [9.17, 15) is 22.4 Å². The lowest BCUT2D eigenvalue weighted by atomic mass is 10.1. The number of hydrogen-bond acceptors (Lipinski definition) is 4. The molecule has 3 rings (SSSR count). The average Bonchev–Trinajstić information content (AvgIpc) is 2.91. The third-order valence-corrected chi connectivity index (χ3v) is 8.15. The zero-order valence-corrected chi connectivity index (χ0v) is 22.9. The van der Waals surface area contributed by atoms with Crippen molar-refractivity contribution in [2.75, 3.05) is 10.8 Å². The number of sulfonamides is 1. The number of carbonyl (C=O) groups is 2. The number of rotatable bonds is 11. The van der Waals surface area contributed by atoms with Gasteiger partial charge in [-0.2, -0.15) is 0 Å². The lowest BCUT2D eigenvalue weighted by Gasteiger charge is -2.32. The van der Waals surface area contributed by atoms with Gasteiger partial charge in [-0.3, -0.25) is 13.9 Å². The summed E-state index contributed by atoms with van der Waals surface area (Å²) in [6.07, 6.45) is 0.724. The molecule has 0 unspecified atom stereocenters. The van der Waals surface area contributed by atoms with Crippen LogP contribution in [0.15, 0.2) is 83.8 Å². The van der Waals surface area contributed by atoms with Crippen molar-refractivity contribution in [2.45, 2.75) is 57.6 Å². The second kappa shape index (κ2) is 12.7. The quantitative estimate of drug-likeness (QED) is 0.384. The topological polar surface area (TPSA) is 86.8 Å². The van der Waals surface area contributed by atoms with Crippen molar-refractivity contribution in [1.29, 1.82) is 0 Å². The van der Waals surface area contributed by atoms with Gasteiger partial charge in [-0.1, -0.05) is 55.0 Å². The van der Waals surface area contributed by atoms with E-state index < -0.39 is 34.3 Å². The molecule has 0 fully saturated rings. The largest absolute Gasteiger partial charge is 0.352 e. The number of hydrogen-bond donors (Lipinski definition) is 1. The van der Waals surface area contributed by atoms with Crippen molar-refractivity contribution in [2.24, 2.45) is 0 Å². The molecule has 0 saturated carbocycles. The molecule has 0 bridgehead atoms. The van der Waals surface area contributed by atoms with Gasteiger partial charge in [-0.15, -0.1) is 0 Å². The Morgan fingerprint density at radius 1 is 0.921 bits per heavy atom. The van der Waals surface area contributed by atoms with Gasteiger partial charge in [-0.25, -0.2) is 12.8 Å². The van der Waals surface area contributed by atoms with Gasteiger partial charge in [0.2, 0.25) is 11.8 Å². The summed E-state index contributed by atoms with van der Waals surface area (Å²) in [5, 5.41) is 2.91. The standard InChI is InChI=1S/C29H34FN3O4S/c1-5-22(3)31-29(35)23(4)32(19-24-13-11-21(2)12-14-24)28(34)20-33(26-9-7-6-8-10-26)38(36,37)27-17-15-25(30)16-18-27/h6-18,22-23H,5,19-20H2,1-4H3,(H,31,35)/t22-,23+/m0/s1. The Hall–Kier alpha value is -3.72. The van der Waals surface area contributed by atoms with E-state index in [2.05, 4.69) is 5.32 Å². The van der Waals surface area contributed by atoms with Gasteiger partial charge in [0.15, 0.2) is 0 Å². The molecule has 0 aromatic heterocycles. The van der Waals surface area contributed by atoms with Gasteiger partial charge in [0.05, 0.1) is 10.6 Å². The Morgan fingerprint density at radius 2 is 1.53 bits per heavy atom. The molecule has 2 amide bonds. The fourth-order valence-corrected chi connectivity index (χ4v) is 5.21. The first-order valence-electron chi connectivity index (χ1n) is 12.5. The smallest absolute Gasteiger partial charge is 0.264 e. The van der Waals surface area contributed by atoms with Gasteiger partial charge in [-0.05, 0) is 69.2 Å². The van der Waals surface area contributed by atoms with Crippen LogP contribution in [0.1, 0.15) is 38.3 Å². The van der Waals surface area contributed by atoms with Crippen LogP contribution in [0, 0.1) is 12.7 Å². The van der Waals surface area contributed by atoms with Crippen molar-refractivity contribution in [1.82, 2.24) is 10.2 Å². The monoisotopic (exact) mass is 539 g/mol. The molecule has 0 aliphatic carbocycles. The minimum Gasteiger partial charge on any atom is -0.352 e. The lowest BCUT2D eigenvalue weighted by molar-refractivity contribution is -0.139. The Morgan fingerprint density at radius 3 is 2.11 bits per heavy atom. The molecule has 3 aromatic rings. The van der Waals surface area contributed by atoms with E-state index in [0.717, 1.165) is 46.1 Å². The first-order valence-corrected chi connectivity index (χ1v) is 14.0. The van der Waals surface area contributed by atoms with E-state index in [1.165, 1.54) is 4.90 Å². The van der Waals surface area contributed by atoms with Crippen LogP contribution in [0.5, 0.6) is 0 Å². The van der Waals surface area contributed by atoms with Crippen LogP contribution in [0.4, 0.5) is 10.1 Å². The third-order valence-electron chi connectivity index (χ3n) is 6.37. The van der Waals surface area contributed by atoms with Gasteiger partial charge in [0.1, 0.15) is 18.4 Å². The first kappa shape index (κ1) is 28.8. The van der Waals surface area contributed by atoms with Gasteiger partial charge < -0.3 is 10.2 Å². The summed E-state index contributed by atoms with van der Waals surface area (Å²) in [5.41, 5.74) is 2.13. The van der Waals surface area contributed by atoms with Gasteiger partial charge in [0, 0.05) is 12.6 Å². The van der Waals surface area contributed by atoms with Crippen molar-refractivity contribution < 1.29 is 22.4 Å². The molecular formula is C29H34FN3O4S. The number of amides is 2. The van der Waals surface area contributed by atoms with Gasteiger partial charge >= 0.3 is 0 Å². The Kier molecular flexibility index (Phi) is 9.63. The summed E-state index contributed by atoms with van der Waals surface area (Å²) in [6.45, 7) is 6.98. The number of aryl methyl sites for hydroxylation is 1. The van der Waals surface area contributed by atoms with Crippen molar-refractivity contribution in [3.8, 4) is 0 Å². The third kappa shape index (κ3) is 7.19. The number of anilines is 1. The molecular weight excluding hydrogens is 505 g/mol. The predicted octanol–water partition coefficient (Wildman–Crippen LogP) is 4.66. The minimum absolute atomic E-state index is 0.0825. The SMILES string of the molecule is CC[C@H](C)NC(=O)[C@@H](C)N(Cc1ccc(C)cc1)C(=O)CN(c1ccccc1)S(=O)(=O)c1ccc(F)cc1. The van der Waals surface area contributed by atoms with Gasteiger partial charge in [0.25, 0.3) is 10.0 Å². The van der Waals surface area contributed by atoms with Crippen molar-refractivity contribution >= 4 is 27.5 Å². The summed E-state index contributed by atoms with van der Waals surface area (Å²) in [6, 6.07) is 19.3. The number of nitrogens with zero attached hydrogens (tertiary/aromatic N) is 2. The molecule has 9 heteroatoms. The Balaban J connectivity index is 1.99. The van der Waals surface area contributed by atoms with Crippen LogP contribution in [0.25, 0.3) is 0 Å². The summed E-state index contributed by atoms with van der Waals surface area (Å²) >= 11 is 0. The summed E-state index contributed by atoms with van der Waals surface area (Å²) < 4.78 is 41.8. The maximum atomic E-state index is 13.8. The number of halogens is 1. The highest BCUT2D eigenvalue weighted by Crippen LogP contribution is 2.24. The maximum Gasteiger partial charge on any atom is 0.264 e. The molecule has 2 atom stereocenters. The fourth-order valence-electron chi connectivity index (χ4n) is 3.80. The summed E-state index contributed by atoms with van der Waals surface area (Å²) in [5.74, 6) is -1.45. The van der Waals surface area contributed by atoms with Crippen LogP contribution in [-0.4, -0.2) is 43.8 Å². The van der Waals surface area contributed by atoms with Crippen LogP contribution >= 0.6 is 0 Å². The highest BCUT2D eigenvalue weighted by Gasteiger charge is 2.32. The first-order chi connectivity index (χ1) is 18.0. The van der Waals surface area contributed by atoms with Crippen molar-refractivity contribution in [3.05, 3.63) is 95.8 Å². The molecule has 0 spiro atoms. The number of carbonyl (C=O) groups excluding carboxylic acids is 2. The highest BCUT2D eigenvalue weighted by atomic mass is 32.2. The zero-order chi connectivity index (χ0) is 27.9. The fraction of sp³-hybridized carbons (Fsp3) is 0.310. The molecule has 0 radical (unpaired) electrons. The number of benzene rings is 3. The minimum atomic E-state index is -4.23. The van der Waals surface area contributed by atoms with E-state index in [1.54, 1.807) is 37.3 Å². The highest BCUT2D eigenvalue weighted by molar-refractivity contribution is 7.92. The zero-order valence-electron chi connectivity index (χ0n) is 22.1. The second-order valence-corrected chi connectivity index (χ2v) is 11.2. The van der Waals surface area contributed by atoms with Crippen LogP contribution in [-0.2, 0) is 26.2 Å². The lowest BCUT2D eigenvalue weighted by Crippen LogP contribution is -2.52. The molecule has 0 saturated heterocycles. The summed E-state index contributed by atoms with van der Waals surface area (Å²) in [7, 11) is -4.23. The van der Waals surface area contributed by atoms with E-state index in [-0.39, 0.29) is 29.1 Å². The molecule has 0 aliphatic rings. The number of nitrogens with one attached hydrogen (secondary N) is 1. The Bertz CT molecular complexity index is 1330. The summed E-state index contributed by atoms with van der Waals surface area (Å²) in [4.78, 5) is 28.1. The van der Waals surface area contributed by atoms with E-state index in [1.807, 2.05) is 45.0 Å². The van der Waals surface area contributed by atoms with Crippen molar-refractivity contribution in [3.63, 3.8) is 0 Å². The van der Waals surface area contributed by atoms with Crippen LogP contribution in [0.3, 0.4) is 0 Å². The molecule has 7 nitrogen and oxygen atoms in total. The molecule has 0 heterocycles. The van der Waals surface area contributed by atoms with E-state index >= 15 is 0 Å². The molecule has 202 valence electrons. The molecule has 3 aromatic carbocycles. The normalized spacial score (nSPS) is 12.9.